The zero-order valence-electron chi connectivity index (χ0n) is 11.2. The summed E-state index contributed by atoms with van der Waals surface area (Å²) in [6, 6.07) is 0. The van der Waals surface area contributed by atoms with Gasteiger partial charge in [0.1, 0.15) is 0 Å². The zero-order chi connectivity index (χ0) is 12.3. The van der Waals surface area contributed by atoms with Gasteiger partial charge in [-0.15, -0.1) is 0 Å². The third-order valence-corrected chi connectivity index (χ3v) is 5.75. The van der Waals surface area contributed by atoms with Gasteiger partial charge in [0.15, 0.2) is 0 Å². The molecule has 3 rings (SSSR count). The second-order valence-corrected chi connectivity index (χ2v) is 7.14. The average Bonchev–Trinajstić information content (AvgIpc) is 2.60. The molecule has 2 heteroatoms. The fraction of sp³-hybridized carbons (Fsp3) is 0.867. The van der Waals surface area contributed by atoms with Crippen molar-refractivity contribution in [1.82, 2.24) is 0 Å². The highest BCUT2D eigenvalue weighted by Gasteiger charge is 2.57. The largest absolute Gasteiger partial charge is 0.472 e. The highest BCUT2D eigenvalue weighted by Crippen LogP contribution is 2.62. The number of rotatable bonds is 0. The summed E-state index contributed by atoms with van der Waals surface area (Å²) in [5.41, 5.74) is 2.01. The van der Waals surface area contributed by atoms with Crippen molar-refractivity contribution < 1.29 is 9.84 Å². The van der Waals surface area contributed by atoms with Gasteiger partial charge in [0.2, 0.25) is 6.29 Å². The van der Waals surface area contributed by atoms with E-state index < -0.39 is 6.29 Å². The van der Waals surface area contributed by atoms with E-state index in [9.17, 15) is 5.11 Å². The van der Waals surface area contributed by atoms with Gasteiger partial charge in [-0.2, -0.15) is 0 Å². The minimum absolute atomic E-state index is 0.238. The highest BCUT2D eigenvalue weighted by molar-refractivity contribution is 5.20. The molecule has 1 heterocycles. The van der Waals surface area contributed by atoms with Gasteiger partial charge >= 0.3 is 0 Å². The monoisotopic (exact) mass is 236 g/mol. The Morgan fingerprint density at radius 2 is 2.06 bits per heavy atom. The Kier molecular flexibility index (Phi) is 2.39. The molecule has 2 nitrogen and oxygen atoms in total. The van der Waals surface area contributed by atoms with Crippen molar-refractivity contribution in [1.29, 1.82) is 0 Å². The van der Waals surface area contributed by atoms with Gasteiger partial charge in [0, 0.05) is 0 Å². The van der Waals surface area contributed by atoms with Gasteiger partial charge in [-0.25, -0.2) is 0 Å². The van der Waals surface area contributed by atoms with E-state index in [1.807, 2.05) is 6.26 Å². The summed E-state index contributed by atoms with van der Waals surface area (Å²) in [7, 11) is 0. The Hall–Kier alpha value is -0.500. The fourth-order valence-corrected chi connectivity index (χ4v) is 5.03. The minimum atomic E-state index is -0.591. The lowest BCUT2D eigenvalue weighted by Crippen LogP contribution is -2.51. The summed E-state index contributed by atoms with van der Waals surface area (Å²) >= 11 is 0. The molecule has 0 radical (unpaired) electrons. The van der Waals surface area contributed by atoms with Crippen LogP contribution in [0.5, 0.6) is 0 Å². The third-order valence-electron chi connectivity index (χ3n) is 5.75. The molecule has 2 unspecified atom stereocenters. The first kappa shape index (κ1) is 11.6. The van der Waals surface area contributed by atoms with Gasteiger partial charge in [-0.1, -0.05) is 27.2 Å². The number of hydrogen-bond acceptors (Lipinski definition) is 2. The van der Waals surface area contributed by atoms with E-state index in [0.29, 0.717) is 5.41 Å². The van der Waals surface area contributed by atoms with Crippen LogP contribution < -0.4 is 0 Å². The summed E-state index contributed by atoms with van der Waals surface area (Å²) in [6.45, 7) is 7.20. The van der Waals surface area contributed by atoms with E-state index in [4.69, 9.17) is 4.74 Å². The molecule has 0 aromatic heterocycles. The molecular formula is C15H24O2. The van der Waals surface area contributed by atoms with Crippen LogP contribution in [0.1, 0.15) is 52.9 Å². The standard InChI is InChI=1S/C15H24O2/c1-14(2)7-4-8-15(3)11(14)6-5-10-9-17-13(16)12(10)15/h9,11-13,16H,4-8H2,1-3H3/t11?,12-,13?,15+/m1/s1. The van der Waals surface area contributed by atoms with Crippen molar-refractivity contribution in [3.05, 3.63) is 11.8 Å². The number of aliphatic hydroxyl groups excluding tert-OH is 1. The topological polar surface area (TPSA) is 29.5 Å². The van der Waals surface area contributed by atoms with E-state index in [2.05, 4.69) is 20.8 Å². The van der Waals surface area contributed by atoms with Crippen LogP contribution in [0.3, 0.4) is 0 Å². The maximum atomic E-state index is 10.1. The molecule has 0 bridgehead atoms. The van der Waals surface area contributed by atoms with Crippen LogP contribution in [-0.2, 0) is 4.74 Å². The molecule has 0 amide bonds. The molecule has 0 aromatic rings. The Morgan fingerprint density at radius 3 is 2.82 bits per heavy atom. The normalized spacial score (nSPS) is 47.8. The smallest absolute Gasteiger partial charge is 0.203 e. The van der Waals surface area contributed by atoms with Crippen LogP contribution in [0.25, 0.3) is 0 Å². The van der Waals surface area contributed by atoms with Crippen LogP contribution in [-0.4, -0.2) is 11.4 Å². The summed E-state index contributed by atoms with van der Waals surface area (Å²) in [4.78, 5) is 0. The van der Waals surface area contributed by atoms with Crippen molar-refractivity contribution in [2.75, 3.05) is 0 Å². The van der Waals surface area contributed by atoms with Crippen molar-refractivity contribution in [3.63, 3.8) is 0 Å². The van der Waals surface area contributed by atoms with Gasteiger partial charge in [0.25, 0.3) is 0 Å². The maximum absolute atomic E-state index is 10.1. The fourth-order valence-electron chi connectivity index (χ4n) is 5.03. The first-order valence-electron chi connectivity index (χ1n) is 6.98. The Bertz CT molecular complexity index is 358. The molecule has 0 saturated heterocycles. The van der Waals surface area contributed by atoms with Gasteiger partial charge < -0.3 is 9.84 Å². The van der Waals surface area contributed by atoms with Crippen LogP contribution in [0.2, 0.25) is 0 Å². The first-order chi connectivity index (χ1) is 7.95. The Morgan fingerprint density at radius 1 is 1.29 bits per heavy atom. The third kappa shape index (κ3) is 1.49. The number of fused-ring (bicyclic) bond motifs is 3. The van der Waals surface area contributed by atoms with Crippen LogP contribution >= 0.6 is 0 Å². The molecule has 96 valence electrons. The van der Waals surface area contributed by atoms with Crippen LogP contribution in [0.15, 0.2) is 11.8 Å². The number of aliphatic hydroxyl groups is 1. The molecule has 3 aliphatic rings. The van der Waals surface area contributed by atoms with Crippen molar-refractivity contribution in [2.24, 2.45) is 22.7 Å². The lowest BCUT2D eigenvalue weighted by Gasteiger charge is -2.57. The quantitative estimate of drug-likeness (QED) is 0.698. The van der Waals surface area contributed by atoms with E-state index in [-0.39, 0.29) is 11.3 Å². The Labute approximate surface area is 104 Å². The molecule has 1 aliphatic heterocycles. The summed E-state index contributed by atoms with van der Waals surface area (Å²) < 4.78 is 5.38. The predicted octanol–water partition coefficient (Wildman–Crippen LogP) is 3.46. The van der Waals surface area contributed by atoms with E-state index in [1.165, 1.54) is 31.3 Å². The lowest BCUT2D eigenvalue weighted by atomic mass is 9.48. The van der Waals surface area contributed by atoms with Crippen molar-refractivity contribution in [2.45, 2.75) is 59.2 Å². The van der Waals surface area contributed by atoms with Crippen LogP contribution in [0.4, 0.5) is 0 Å². The molecule has 2 aliphatic carbocycles. The predicted molar refractivity (Wildman–Crippen MR) is 67.1 cm³/mol. The second-order valence-electron chi connectivity index (χ2n) is 7.14. The molecular weight excluding hydrogens is 212 g/mol. The van der Waals surface area contributed by atoms with E-state index in [0.717, 1.165) is 12.3 Å². The molecule has 0 spiro atoms. The molecule has 1 N–H and O–H groups in total. The molecule has 0 aromatic carbocycles. The zero-order valence-corrected chi connectivity index (χ0v) is 11.2. The van der Waals surface area contributed by atoms with E-state index >= 15 is 0 Å². The molecule has 2 fully saturated rings. The average molecular weight is 236 g/mol. The first-order valence-corrected chi connectivity index (χ1v) is 6.98. The van der Waals surface area contributed by atoms with Crippen LogP contribution in [0, 0.1) is 22.7 Å². The SMILES string of the molecule is CC1(C)CCC[C@@]2(C)C1CCC1=COC(O)[C@@H]12. The van der Waals surface area contributed by atoms with Gasteiger partial charge in [0.05, 0.1) is 12.2 Å². The number of hydrogen-bond donors (Lipinski definition) is 1. The summed E-state index contributed by atoms with van der Waals surface area (Å²) in [5, 5.41) is 10.1. The number of ether oxygens (including phenoxy) is 1. The summed E-state index contributed by atoms with van der Waals surface area (Å²) in [6.07, 6.45) is 7.48. The molecule has 17 heavy (non-hydrogen) atoms. The van der Waals surface area contributed by atoms with Crippen molar-refractivity contribution in [3.8, 4) is 0 Å². The lowest BCUT2D eigenvalue weighted by molar-refractivity contribution is -0.142. The van der Waals surface area contributed by atoms with Gasteiger partial charge in [-0.3, -0.25) is 0 Å². The van der Waals surface area contributed by atoms with E-state index in [1.54, 1.807) is 0 Å². The van der Waals surface area contributed by atoms with Crippen molar-refractivity contribution >= 4 is 0 Å². The van der Waals surface area contributed by atoms with Gasteiger partial charge in [-0.05, 0) is 48.0 Å². The Balaban J connectivity index is 1.99. The second kappa shape index (κ2) is 3.50. The highest BCUT2D eigenvalue weighted by atomic mass is 16.6. The summed E-state index contributed by atoms with van der Waals surface area (Å²) in [5.74, 6) is 0.975. The minimum Gasteiger partial charge on any atom is -0.472 e. The maximum Gasteiger partial charge on any atom is 0.203 e. The molecule has 2 saturated carbocycles. The molecule has 4 atom stereocenters.